The van der Waals surface area contributed by atoms with Gasteiger partial charge in [0, 0.05) is 5.39 Å². The first kappa shape index (κ1) is 17.8. The third-order valence-corrected chi connectivity index (χ3v) is 8.82. The largest absolute Gasteiger partial charge is 0.315 e. The molecule has 1 saturated heterocycles. The van der Waals surface area contributed by atoms with Gasteiger partial charge < -0.3 is 4.90 Å². The molecule has 8 heteroatoms. The number of sulfonamides is 1. The monoisotopic (exact) mass is 414 g/mol. The van der Waals surface area contributed by atoms with Gasteiger partial charge in [0.15, 0.2) is 6.67 Å². The van der Waals surface area contributed by atoms with Crippen molar-refractivity contribution in [1.82, 2.24) is 4.31 Å². The van der Waals surface area contributed by atoms with Crippen LogP contribution in [0.4, 0.5) is 5.69 Å². The molecule has 0 saturated carbocycles. The Morgan fingerprint density at radius 3 is 2.46 bits per heavy atom. The molecule has 28 heavy (non-hydrogen) atoms. The molecule has 0 bridgehead atoms. The second kappa shape index (κ2) is 6.66. The summed E-state index contributed by atoms with van der Waals surface area (Å²) in [6, 6.07) is 15.2. The molecule has 2 aromatic carbocycles. The predicted octanol–water partition coefficient (Wildman–Crippen LogP) is 1.41. The van der Waals surface area contributed by atoms with Gasteiger partial charge >= 0.3 is 0 Å². The highest BCUT2D eigenvalue weighted by Crippen LogP contribution is 2.36. The van der Waals surface area contributed by atoms with Gasteiger partial charge in [-0.05, 0) is 29.0 Å². The average molecular weight is 415 g/mol. The molecule has 5 rings (SSSR count). The van der Waals surface area contributed by atoms with Gasteiger partial charge in [-0.25, -0.2) is 8.42 Å². The van der Waals surface area contributed by atoms with E-state index in [0.717, 1.165) is 22.0 Å². The summed E-state index contributed by atoms with van der Waals surface area (Å²) < 4.78 is 27.3. The maximum atomic E-state index is 12.9. The minimum Gasteiger partial charge on any atom is -0.315 e. The van der Waals surface area contributed by atoms with E-state index in [9.17, 15) is 13.2 Å². The van der Waals surface area contributed by atoms with Gasteiger partial charge in [0.25, 0.3) is 15.9 Å². The maximum absolute atomic E-state index is 12.9. The Labute approximate surface area is 167 Å². The van der Waals surface area contributed by atoms with Crippen LogP contribution in [0.15, 0.2) is 58.1 Å². The lowest BCUT2D eigenvalue weighted by atomic mass is 10.1. The van der Waals surface area contributed by atoms with Gasteiger partial charge in [-0.15, -0.1) is 11.3 Å². The molecule has 0 atom stereocenters. The van der Waals surface area contributed by atoms with E-state index in [1.165, 1.54) is 16.2 Å². The van der Waals surface area contributed by atoms with Gasteiger partial charge in [0.2, 0.25) is 0 Å². The maximum Gasteiger partial charge on any atom is 0.263 e. The van der Waals surface area contributed by atoms with Crippen molar-refractivity contribution in [2.24, 2.45) is 0 Å². The summed E-state index contributed by atoms with van der Waals surface area (Å²) in [6.07, 6.45) is 0. The average Bonchev–Trinajstić information content (AvgIpc) is 3.34. The molecule has 1 aromatic heterocycles. The SMILES string of the molecule is O=C1c2cccc3cccc(c23)N1C[NH+]1CCN(S(=O)(=O)c2cccs2)CC1. The van der Waals surface area contributed by atoms with Gasteiger partial charge in [-0.2, -0.15) is 4.31 Å². The highest BCUT2D eigenvalue weighted by atomic mass is 32.2. The van der Waals surface area contributed by atoms with Crippen molar-refractivity contribution in [2.75, 3.05) is 37.7 Å². The first-order valence-electron chi connectivity index (χ1n) is 9.26. The summed E-state index contributed by atoms with van der Waals surface area (Å²) in [6.45, 7) is 2.85. The number of hydrogen-bond acceptors (Lipinski definition) is 4. The van der Waals surface area contributed by atoms with E-state index in [1.54, 1.807) is 21.8 Å². The van der Waals surface area contributed by atoms with E-state index >= 15 is 0 Å². The van der Waals surface area contributed by atoms with E-state index < -0.39 is 10.0 Å². The zero-order valence-electron chi connectivity index (χ0n) is 15.2. The molecule has 1 N–H and O–H groups in total. The van der Waals surface area contributed by atoms with Crippen LogP contribution in [0.2, 0.25) is 0 Å². The zero-order chi connectivity index (χ0) is 19.3. The third-order valence-electron chi connectivity index (χ3n) is 5.55. The van der Waals surface area contributed by atoms with Gasteiger partial charge in [0.05, 0.1) is 37.4 Å². The first-order chi connectivity index (χ1) is 13.6. The highest BCUT2D eigenvalue weighted by Gasteiger charge is 2.35. The Morgan fingerprint density at radius 2 is 1.75 bits per heavy atom. The number of benzene rings is 2. The number of carbonyl (C=O) groups is 1. The molecule has 0 radical (unpaired) electrons. The number of carbonyl (C=O) groups excluding carboxylic acids is 1. The normalized spacial score (nSPS) is 18.3. The van der Waals surface area contributed by atoms with Crippen LogP contribution in [0.25, 0.3) is 10.8 Å². The van der Waals surface area contributed by atoms with E-state index in [1.807, 2.05) is 41.3 Å². The second-order valence-electron chi connectivity index (χ2n) is 7.16. The lowest BCUT2D eigenvalue weighted by molar-refractivity contribution is -0.902. The first-order valence-corrected chi connectivity index (χ1v) is 11.6. The molecule has 1 amide bonds. The number of quaternary nitrogens is 1. The Hall–Kier alpha value is -2.26. The Morgan fingerprint density at radius 1 is 1.00 bits per heavy atom. The van der Waals surface area contributed by atoms with Crippen molar-refractivity contribution in [3.05, 3.63) is 59.5 Å². The van der Waals surface area contributed by atoms with Crippen molar-refractivity contribution in [3.8, 4) is 0 Å². The number of nitrogens with one attached hydrogen (secondary N) is 1. The summed E-state index contributed by atoms with van der Waals surface area (Å²) in [5, 5.41) is 3.88. The molecule has 3 heterocycles. The highest BCUT2D eigenvalue weighted by molar-refractivity contribution is 7.91. The smallest absolute Gasteiger partial charge is 0.263 e. The van der Waals surface area contributed by atoms with Gasteiger partial charge in [-0.1, -0.05) is 30.3 Å². The fraction of sp³-hybridized carbons (Fsp3) is 0.250. The number of piperazine rings is 1. The molecular formula is C20H20N3O3S2+. The lowest BCUT2D eigenvalue weighted by Gasteiger charge is -2.33. The van der Waals surface area contributed by atoms with Crippen LogP contribution in [0.3, 0.4) is 0 Å². The van der Waals surface area contributed by atoms with Crippen molar-refractivity contribution < 1.29 is 18.1 Å². The van der Waals surface area contributed by atoms with Crippen LogP contribution < -0.4 is 9.80 Å². The lowest BCUT2D eigenvalue weighted by Crippen LogP contribution is -3.16. The Kier molecular flexibility index (Phi) is 4.24. The van der Waals surface area contributed by atoms with Crippen LogP contribution in [0.1, 0.15) is 10.4 Å². The second-order valence-corrected chi connectivity index (χ2v) is 10.3. The van der Waals surface area contributed by atoms with Gasteiger partial charge in [-0.3, -0.25) is 9.69 Å². The number of rotatable bonds is 4. The van der Waals surface area contributed by atoms with E-state index in [-0.39, 0.29) is 5.91 Å². The van der Waals surface area contributed by atoms with Crippen molar-refractivity contribution in [2.45, 2.75) is 4.21 Å². The number of hydrogen-bond donors (Lipinski definition) is 1. The molecule has 3 aromatic rings. The number of thiophene rings is 1. The van der Waals surface area contributed by atoms with Crippen molar-refractivity contribution in [3.63, 3.8) is 0 Å². The molecular weight excluding hydrogens is 394 g/mol. The zero-order valence-corrected chi connectivity index (χ0v) is 16.8. The minimum atomic E-state index is -3.40. The summed E-state index contributed by atoms with van der Waals surface area (Å²) >= 11 is 1.25. The van der Waals surface area contributed by atoms with E-state index in [4.69, 9.17) is 0 Å². The topological polar surface area (TPSA) is 62.1 Å². The molecule has 0 unspecified atom stereocenters. The van der Waals surface area contributed by atoms with E-state index in [2.05, 4.69) is 0 Å². The fourth-order valence-electron chi connectivity index (χ4n) is 4.10. The van der Waals surface area contributed by atoms with Crippen molar-refractivity contribution >= 4 is 43.7 Å². The third kappa shape index (κ3) is 2.76. The number of nitrogens with zero attached hydrogens (tertiary/aromatic N) is 2. The van der Waals surface area contributed by atoms with E-state index in [0.29, 0.717) is 37.1 Å². The van der Waals surface area contributed by atoms with Crippen molar-refractivity contribution in [1.29, 1.82) is 0 Å². The molecule has 144 valence electrons. The summed E-state index contributed by atoms with van der Waals surface area (Å²) in [5.74, 6) is 0.0351. The summed E-state index contributed by atoms with van der Waals surface area (Å²) in [4.78, 5) is 16.0. The number of amides is 1. The molecule has 1 fully saturated rings. The Balaban J connectivity index is 1.32. The molecule has 2 aliphatic heterocycles. The number of anilines is 1. The Bertz CT molecular complexity index is 1150. The van der Waals surface area contributed by atoms with Crippen LogP contribution in [-0.4, -0.2) is 51.5 Å². The standard InChI is InChI=1S/C20H19N3O3S2/c24-20-16-6-1-4-15-5-2-7-17(19(15)16)23(20)14-21-9-11-22(12-10-21)28(25,26)18-8-3-13-27-18/h1-8,13H,9-12,14H2/p+1. The molecule has 0 aliphatic carbocycles. The summed E-state index contributed by atoms with van der Waals surface area (Å²) in [7, 11) is -3.40. The molecule has 0 spiro atoms. The molecule has 6 nitrogen and oxygen atoms in total. The predicted molar refractivity (Wildman–Crippen MR) is 109 cm³/mol. The van der Waals surface area contributed by atoms with Crippen LogP contribution in [0.5, 0.6) is 0 Å². The van der Waals surface area contributed by atoms with Crippen LogP contribution in [-0.2, 0) is 10.0 Å². The van der Waals surface area contributed by atoms with Crippen LogP contribution in [0, 0.1) is 0 Å². The minimum absolute atomic E-state index is 0.0351. The van der Waals surface area contributed by atoms with Crippen LogP contribution >= 0.6 is 11.3 Å². The van der Waals surface area contributed by atoms with Gasteiger partial charge in [0.1, 0.15) is 4.21 Å². The fourth-order valence-corrected chi connectivity index (χ4v) is 6.68. The summed E-state index contributed by atoms with van der Waals surface area (Å²) in [5.41, 5.74) is 1.71. The molecule has 2 aliphatic rings. The quantitative estimate of drug-likeness (QED) is 0.702.